The molecule has 5 nitrogen and oxygen atoms in total. The summed E-state index contributed by atoms with van der Waals surface area (Å²) >= 11 is 11.7. The summed E-state index contributed by atoms with van der Waals surface area (Å²) in [7, 11) is 0. The molecule has 0 heterocycles. The number of hydrogen-bond donors (Lipinski definition) is 1. The van der Waals surface area contributed by atoms with Gasteiger partial charge in [0.25, 0.3) is 5.91 Å². The summed E-state index contributed by atoms with van der Waals surface area (Å²) in [6.45, 7) is 3.03. The molecule has 0 spiro atoms. The Bertz CT molecular complexity index is 779. The van der Waals surface area contributed by atoms with Gasteiger partial charge in [0.05, 0.1) is 5.02 Å². The molecule has 0 radical (unpaired) electrons. The Hall–Kier alpha value is -2.24. The van der Waals surface area contributed by atoms with Crippen LogP contribution >= 0.6 is 23.2 Å². The van der Waals surface area contributed by atoms with Crippen molar-refractivity contribution in [3.8, 4) is 5.75 Å². The van der Waals surface area contributed by atoms with Crippen molar-refractivity contribution in [2.24, 2.45) is 0 Å². The lowest BCUT2D eigenvalue weighted by atomic mass is 10.2. The molecule has 0 aliphatic heterocycles. The maximum atomic E-state index is 12.1. The first-order valence-corrected chi connectivity index (χ1v) is 8.25. The number of ether oxygens (including phenoxy) is 2. The third-order valence-corrected chi connectivity index (χ3v) is 3.73. The number of carbonyl (C=O) groups excluding carboxylic acids is 2. The van der Waals surface area contributed by atoms with Crippen molar-refractivity contribution in [2.45, 2.75) is 20.0 Å². The van der Waals surface area contributed by atoms with E-state index in [1.807, 2.05) is 25.1 Å². The zero-order valence-corrected chi connectivity index (χ0v) is 15.2. The van der Waals surface area contributed by atoms with E-state index in [0.29, 0.717) is 16.5 Å². The first-order valence-electron chi connectivity index (χ1n) is 7.50. The van der Waals surface area contributed by atoms with Crippen molar-refractivity contribution in [1.82, 2.24) is 0 Å². The van der Waals surface area contributed by atoms with E-state index in [1.54, 1.807) is 18.2 Å². The summed E-state index contributed by atoms with van der Waals surface area (Å²) in [6.07, 6.45) is -0.961. The predicted octanol–water partition coefficient (Wildman–Crippen LogP) is 4.25. The molecule has 0 unspecified atom stereocenters. The summed E-state index contributed by atoms with van der Waals surface area (Å²) in [5.41, 5.74) is 1.65. The van der Waals surface area contributed by atoms with Gasteiger partial charge in [-0.25, -0.2) is 4.79 Å². The van der Waals surface area contributed by atoms with Gasteiger partial charge in [-0.3, -0.25) is 4.79 Å². The highest BCUT2D eigenvalue weighted by Gasteiger charge is 2.18. The molecule has 25 heavy (non-hydrogen) atoms. The highest BCUT2D eigenvalue weighted by molar-refractivity contribution is 6.35. The van der Waals surface area contributed by atoms with Crippen molar-refractivity contribution in [2.75, 3.05) is 11.9 Å². The second kappa shape index (κ2) is 8.74. The third kappa shape index (κ3) is 5.96. The number of amides is 1. The number of rotatable bonds is 6. The van der Waals surface area contributed by atoms with E-state index >= 15 is 0 Å². The summed E-state index contributed by atoms with van der Waals surface area (Å²) < 4.78 is 10.3. The summed E-state index contributed by atoms with van der Waals surface area (Å²) in [6, 6.07) is 12.0. The summed E-state index contributed by atoms with van der Waals surface area (Å²) in [5.74, 6) is -0.804. The fourth-order valence-electron chi connectivity index (χ4n) is 1.98. The highest BCUT2D eigenvalue weighted by atomic mass is 35.5. The van der Waals surface area contributed by atoms with E-state index in [9.17, 15) is 9.59 Å². The van der Waals surface area contributed by atoms with E-state index < -0.39 is 18.0 Å². The van der Waals surface area contributed by atoms with Gasteiger partial charge in [-0.05, 0) is 49.7 Å². The Morgan fingerprint density at radius 2 is 1.92 bits per heavy atom. The van der Waals surface area contributed by atoms with Gasteiger partial charge in [-0.15, -0.1) is 0 Å². The highest BCUT2D eigenvalue weighted by Crippen LogP contribution is 2.27. The lowest BCUT2D eigenvalue weighted by molar-refractivity contribution is -0.155. The standard InChI is InChI=1S/C18H17Cl2NO4/c1-11-4-3-5-14(8-11)21-18(23)12(2)25-17(22)10-24-16-7-6-13(19)9-15(16)20/h3-9,12H,10H2,1-2H3,(H,21,23)/t12-/m1/s1. The molecule has 2 aromatic carbocycles. The molecule has 1 atom stereocenters. The lowest BCUT2D eigenvalue weighted by Gasteiger charge is -2.14. The first-order chi connectivity index (χ1) is 11.8. The Morgan fingerprint density at radius 3 is 2.60 bits per heavy atom. The second-order valence-corrected chi connectivity index (χ2v) is 6.20. The molecule has 0 aromatic heterocycles. The van der Waals surface area contributed by atoms with Gasteiger partial charge in [0, 0.05) is 10.7 Å². The third-order valence-electron chi connectivity index (χ3n) is 3.20. The van der Waals surface area contributed by atoms with Crippen LogP contribution in [0, 0.1) is 6.92 Å². The first kappa shape index (κ1) is 19.1. The SMILES string of the molecule is Cc1cccc(NC(=O)[C@@H](C)OC(=O)COc2ccc(Cl)cc2Cl)c1. The summed E-state index contributed by atoms with van der Waals surface area (Å²) in [4.78, 5) is 23.9. The molecule has 0 fully saturated rings. The van der Waals surface area contributed by atoms with Crippen LogP contribution in [0.4, 0.5) is 5.69 Å². The number of halogens is 2. The van der Waals surface area contributed by atoms with Gasteiger partial charge in [-0.1, -0.05) is 35.3 Å². The largest absolute Gasteiger partial charge is 0.480 e. The van der Waals surface area contributed by atoms with Crippen LogP contribution in [0.15, 0.2) is 42.5 Å². The topological polar surface area (TPSA) is 64.6 Å². The number of esters is 1. The van der Waals surface area contributed by atoms with E-state index in [2.05, 4.69) is 5.32 Å². The quantitative estimate of drug-likeness (QED) is 0.759. The molecule has 1 amide bonds. The van der Waals surface area contributed by atoms with E-state index in [4.69, 9.17) is 32.7 Å². The van der Waals surface area contributed by atoms with Crippen molar-refractivity contribution < 1.29 is 19.1 Å². The van der Waals surface area contributed by atoms with Crippen molar-refractivity contribution in [3.63, 3.8) is 0 Å². The van der Waals surface area contributed by atoms with Crippen molar-refractivity contribution in [3.05, 3.63) is 58.1 Å². The van der Waals surface area contributed by atoms with Crippen LogP contribution in [0.5, 0.6) is 5.75 Å². The second-order valence-electron chi connectivity index (χ2n) is 5.35. The molecule has 7 heteroatoms. The molecule has 0 aliphatic carbocycles. The van der Waals surface area contributed by atoms with Crippen molar-refractivity contribution in [1.29, 1.82) is 0 Å². The van der Waals surface area contributed by atoms with Gasteiger partial charge >= 0.3 is 5.97 Å². The minimum atomic E-state index is -0.961. The Morgan fingerprint density at radius 1 is 1.16 bits per heavy atom. The number of anilines is 1. The zero-order chi connectivity index (χ0) is 18.4. The Labute approximate surface area is 155 Å². The maximum Gasteiger partial charge on any atom is 0.344 e. The molecule has 2 aromatic rings. The maximum absolute atomic E-state index is 12.1. The molecule has 0 saturated heterocycles. The number of hydrogen-bond acceptors (Lipinski definition) is 4. The average molecular weight is 382 g/mol. The Kier molecular flexibility index (Phi) is 6.67. The monoisotopic (exact) mass is 381 g/mol. The summed E-state index contributed by atoms with van der Waals surface area (Å²) in [5, 5.41) is 3.43. The number of carbonyl (C=O) groups is 2. The van der Waals surface area contributed by atoms with E-state index in [-0.39, 0.29) is 11.6 Å². The van der Waals surface area contributed by atoms with Gasteiger partial charge < -0.3 is 14.8 Å². The fourth-order valence-corrected chi connectivity index (χ4v) is 2.44. The van der Waals surface area contributed by atoms with Gasteiger partial charge in [0.15, 0.2) is 12.7 Å². The molecule has 2 rings (SSSR count). The average Bonchev–Trinajstić information content (AvgIpc) is 2.54. The Balaban J connectivity index is 1.83. The molecule has 0 aliphatic rings. The smallest absolute Gasteiger partial charge is 0.344 e. The van der Waals surface area contributed by atoms with Crippen LogP contribution in [0.25, 0.3) is 0 Å². The molecule has 0 saturated carbocycles. The molecule has 1 N–H and O–H groups in total. The van der Waals surface area contributed by atoms with E-state index in [1.165, 1.54) is 13.0 Å². The van der Waals surface area contributed by atoms with Crippen LogP contribution in [0.2, 0.25) is 10.0 Å². The van der Waals surface area contributed by atoms with Crippen LogP contribution in [0.1, 0.15) is 12.5 Å². The van der Waals surface area contributed by atoms with Gasteiger partial charge in [0.1, 0.15) is 5.75 Å². The number of aryl methyl sites for hydroxylation is 1. The van der Waals surface area contributed by atoms with Crippen LogP contribution in [0.3, 0.4) is 0 Å². The predicted molar refractivity (Wildman–Crippen MR) is 97.3 cm³/mol. The molecular weight excluding hydrogens is 365 g/mol. The molecule has 0 bridgehead atoms. The normalized spacial score (nSPS) is 11.5. The zero-order valence-electron chi connectivity index (χ0n) is 13.7. The minimum absolute atomic E-state index is 0.283. The number of nitrogens with one attached hydrogen (secondary N) is 1. The molecular formula is C18H17Cl2NO4. The fraction of sp³-hybridized carbons (Fsp3) is 0.222. The van der Waals surface area contributed by atoms with Crippen LogP contribution < -0.4 is 10.1 Å². The van der Waals surface area contributed by atoms with Crippen molar-refractivity contribution >= 4 is 40.8 Å². The lowest BCUT2D eigenvalue weighted by Crippen LogP contribution is -2.31. The van der Waals surface area contributed by atoms with E-state index in [0.717, 1.165) is 5.56 Å². The van der Waals surface area contributed by atoms with Gasteiger partial charge in [-0.2, -0.15) is 0 Å². The minimum Gasteiger partial charge on any atom is -0.480 e. The van der Waals surface area contributed by atoms with Crippen LogP contribution in [-0.2, 0) is 14.3 Å². The van der Waals surface area contributed by atoms with Crippen LogP contribution in [-0.4, -0.2) is 24.6 Å². The van der Waals surface area contributed by atoms with Gasteiger partial charge in [0.2, 0.25) is 0 Å². The molecule has 132 valence electrons. The number of benzene rings is 2.